The number of methoxy groups -OCH3 is 2. The Morgan fingerprint density at radius 2 is 1.75 bits per heavy atom. The molecule has 2 aliphatic rings. The number of ether oxygens (including phenoxy) is 2. The van der Waals surface area contributed by atoms with E-state index in [4.69, 9.17) is 9.47 Å². The number of benzene rings is 1. The number of carbonyl (C=O) groups excluding carboxylic acids is 2. The van der Waals surface area contributed by atoms with E-state index in [1.807, 2.05) is 12.1 Å². The minimum Gasteiger partial charge on any atom is -0.493 e. The predicted octanol–water partition coefficient (Wildman–Crippen LogP) is 3.68. The Kier molecular flexibility index (Phi) is 4.28. The Bertz CT molecular complexity index is 739. The third kappa shape index (κ3) is 2.86. The number of carbonyl (C=O) groups is 2. The second kappa shape index (κ2) is 6.38. The number of hydrogen-bond donors (Lipinski definition) is 0. The first-order chi connectivity index (χ1) is 11.5. The van der Waals surface area contributed by atoms with Crippen molar-refractivity contribution in [3.8, 4) is 11.5 Å². The van der Waals surface area contributed by atoms with Crippen LogP contribution in [-0.2, 0) is 0 Å². The van der Waals surface area contributed by atoms with Crippen LogP contribution in [0.2, 0.25) is 0 Å². The number of hydrogen-bond acceptors (Lipinski definition) is 5. The summed E-state index contributed by atoms with van der Waals surface area (Å²) in [6, 6.07) is 2.57. The number of urea groups is 2. The number of imide groups is 1. The summed E-state index contributed by atoms with van der Waals surface area (Å²) in [5.74, 6) is 1.56. The van der Waals surface area contributed by atoms with E-state index in [2.05, 4.69) is 22.1 Å². The highest BCUT2D eigenvalue weighted by Gasteiger charge is 2.28. The van der Waals surface area contributed by atoms with E-state index in [1.54, 1.807) is 14.2 Å². The van der Waals surface area contributed by atoms with Crippen molar-refractivity contribution in [2.24, 2.45) is 15.2 Å². The van der Waals surface area contributed by atoms with Crippen LogP contribution in [0.25, 0.3) is 0 Å². The summed E-state index contributed by atoms with van der Waals surface area (Å²) in [4.78, 5) is 28.6. The van der Waals surface area contributed by atoms with Crippen molar-refractivity contribution in [3.63, 3.8) is 0 Å². The molecule has 0 N–H and O–H groups in total. The molecule has 0 aliphatic carbocycles. The van der Waals surface area contributed by atoms with Crippen molar-refractivity contribution in [3.05, 3.63) is 17.7 Å². The van der Waals surface area contributed by atoms with Gasteiger partial charge in [0.2, 0.25) is 0 Å². The summed E-state index contributed by atoms with van der Waals surface area (Å²) in [5.41, 5.74) is 2.85. The van der Waals surface area contributed by atoms with Crippen LogP contribution in [0.4, 0.5) is 15.3 Å². The lowest BCUT2D eigenvalue weighted by Gasteiger charge is -2.24. The third-order valence-corrected chi connectivity index (χ3v) is 4.19. The summed E-state index contributed by atoms with van der Waals surface area (Å²) in [6.07, 6.45) is 1.26. The van der Waals surface area contributed by atoms with Crippen molar-refractivity contribution in [1.82, 2.24) is 4.90 Å². The topological polar surface area (TPSA) is 92.9 Å². The fourth-order valence-electron chi connectivity index (χ4n) is 2.92. The van der Waals surface area contributed by atoms with Crippen molar-refractivity contribution in [2.75, 3.05) is 20.8 Å². The third-order valence-electron chi connectivity index (χ3n) is 4.19. The Hall–Kier alpha value is -2.77. The zero-order chi connectivity index (χ0) is 17.3. The second-order valence-electron chi connectivity index (χ2n) is 5.72. The number of aliphatic imine (C=N–C) groups is 1. The first-order valence-electron chi connectivity index (χ1n) is 7.63. The highest BCUT2D eigenvalue weighted by molar-refractivity contribution is 5.99. The molecule has 0 aromatic heterocycles. The number of amides is 4. The zero-order valence-electron chi connectivity index (χ0n) is 13.8. The van der Waals surface area contributed by atoms with E-state index < -0.39 is 12.1 Å². The van der Waals surface area contributed by atoms with Crippen molar-refractivity contribution in [2.45, 2.75) is 25.7 Å². The van der Waals surface area contributed by atoms with Crippen LogP contribution in [0, 0.1) is 0 Å². The van der Waals surface area contributed by atoms with Crippen LogP contribution >= 0.6 is 0 Å². The molecule has 1 aromatic carbocycles. The maximum atomic E-state index is 11.4. The van der Waals surface area contributed by atoms with Crippen LogP contribution in [0.15, 0.2) is 27.4 Å². The molecule has 0 fully saturated rings. The number of azo groups is 1. The molecular weight excluding hydrogens is 312 g/mol. The van der Waals surface area contributed by atoms with Crippen LogP contribution in [0.5, 0.6) is 11.5 Å². The lowest BCUT2D eigenvalue weighted by Crippen LogP contribution is -2.30. The van der Waals surface area contributed by atoms with Gasteiger partial charge in [0.05, 0.1) is 19.9 Å². The molecule has 8 heteroatoms. The van der Waals surface area contributed by atoms with Gasteiger partial charge in [0.15, 0.2) is 11.5 Å². The molecule has 0 bridgehead atoms. The van der Waals surface area contributed by atoms with Crippen molar-refractivity contribution < 1.29 is 19.1 Å². The Morgan fingerprint density at radius 1 is 1.12 bits per heavy atom. The van der Waals surface area contributed by atoms with E-state index >= 15 is 0 Å². The highest BCUT2D eigenvalue weighted by atomic mass is 16.5. The van der Waals surface area contributed by atoms with E-state index in [-0.39, 0.29) is 12.5 Å². The van der Waals surface area contributed by atoms with Gasteiger partial charge in [0.1, 0.15) is 0 Å². The molecule has 2 aliphatic heterocycles. The van der Waals surface area contributed by atoms with Gasteiger partial charge in [-0.25, -0.2) is 14.5 Å². The molecule has 3 rings (SSSR count). The molecule has 1 atom stereocenters. The highest BCUT2D eigenvalue weighted by Crippen LogP contribution is 2.42. The monoisotopic (exact) mass is 330 g/mol. The lowest BCUT2D eigenvalue weighted by molar-refractivity contribution is 0.206. The summed E-state index contributed by atoms with van der Waals surface area (Å²) < 4.78 is 10.7. The first kappa shape index (κ1) is 16.1. The van der Waals surface area contributed by atoms with Gasteiger partial charge >= 0.3 is 12.1 Å². The average molecular weight is 330 g/mol. The van der Waals surface area contributed by atoms with E-state index in [0.717, 1.165) is 28.3 Å². The van der Waals surface area contributed by atoms with Crippen LogP contribution in [0.1, 0.15) is 31.2 Å². The molecule has 0 saturated heterocycles. The van der Waals surface area contributed by atoms with Crippen LogP contribution in [0.3, 0.4) is 0 Å². The average Bonchev–Trinajstić information content (AvgIpc) is 2.90. The van der Waals surface area contributed by atoms with Gasteiger partial charge in [0, 0.05) is 24.7 Å². The van der Waals surface area contributed by atoms with Gasteiger partial charge in [-0.05, 0) is 24.0 Å². The number of fused-ring (bicyclic) bond motifs is 1. The minimum absolute atomic E-state index is 0.235. The predicted molar refractivity (Wildman–Crippen MR) is 86.6 cm³/mol. The van der Waals surface area contributed by atoms with Gasteiger partial charge in [0.25, 0.3) is 0 Å². The first-order valence-corrected chi connectivity index (χ1v) is 7.63. The number of nitrogens with zero attached hydrogens (tertiary/aromatic N) is 4. The standard InChI is InChI=1S/C16H18N4O4/c1-9-6-10(4-5-20-15(21)18-19-16(20)22)17-12-8-14(24-3)13(23-2)7-11(9)12/h7-9H,4-6H2,1-3H3. The summed E-state index contributed by atoms with van der Waals surface area (Å²) in [6.45, 7) is 2.34. The normalized spacial score (nSPS) is 19.4. The quantitative estimate of drug-likeness (QED) is 0.823. The van der Waals surface area contributed by atoms with Crippen LogP contribution in [-0.4, -0.2) is 43.4 Å². The lowest BCUT2D eigenvalue weighted by atomic mass is 9.89. The van der Waals surface area contributed by atoms with E-state index in [0.29, 0.717) is 17.9 Å². The Labute approximate surface area is 139 Å². The fraction of sp³-hybridized carbons (Fsp3) is 0.438. The summed E-state index contributed by atoms with van der Waals surface area (Å²) in [7, 11) is 3.19. The Balaban J connectivity index is 1.81. The summed E-state index contributed by atoms with van der Waals surface area (Å²) in [5, 5.41) is 6.49. The molecule has 2 heterocycles. The van der Waals surface area contributed by atoms with E-state index in [1.165, 1.54) is 0 Å². The van der Waals surface area contributed by atoms with Gasteiger partial charge in [-0.1, -0.05) is 17.2 Å². The maximum absolute atomic E-state index is 11.4. The molecule has 0 saturated carbocycles. The van der Waals surface area contributed by atoms with Gasteiger partial charge < -0.3 is 9.47 Å². The van der Waals surface area contributed by atoms with Gasteiger partial charge in [-0.15, -0.1) is 0 Å². The molecule has 4 amide bonds. The van der Waals surface area contributed by atoms with Crippen molar-refractivity contribution in [1.29, 1.82) is 0 Å². The van der Waals surface area contributed by atoms with Gasteiger partial charge in [-0.2, -0.15) is 0 Å². The Morgan fingerprint density at radius 3 is 2.38 bits per heavy atom. The molecule has 1 unspecified atom stereocenters. The van der Waals surface area contributed by atoms with E-state index in [9.17, 15) is 9.59 Å². The zero-order valence-corrected chi connectivity index (χ0v) is 13.8. The smallest absolute Gasteiger partial charge is 0.370 e. The minimum atomic E-state index is -0.615. The molecule has 0 radical (unpaired) electrons. The SMILES string of the molecule is COc1cc2c(cc1OC)C(C)CC(CCN1C(=O)N=NC1=O)=N2. The molecule has 8 nitrogen and oxygen atoms in total. The fourth-order valence-corrected chi connectivity index (χ4v) is 2.92. The molecule has 0 spiro atoms. The molecule has 24 heavy (non-hydrogen) atoms. The molecule has 126 valence electrons. The maximum Gasteiger partial charge on any atom is 0.370 e. The van der Waals surface area contributed by atoms with Gasteiger partial charge in [-0.3, -0.25) is 4.99 Å². The van der Waals surface area contributed by atoms with Crippen LogP contribution < -0.4 is 9.47 Å². The summed E-state index contributed by atoms with van der Waals surface area (Å²) >= 11 is 0. The largest absolute Gasteiger partial charge is 0.493 e. The molecular formula is C16H18N4O4. The molecule has 1 aromatic rings. The second-order valence-corrected chi connectivity index (χ2v) is 5.72. The van der Waals surface area contributed by atoms with Crippen molar-refractivity contribution >= 4 is 23.5 Å². The number of rotatable bonds is 5.